The van der Waals surface area contributed by atoms with Gasteiger partial charge in [0.25, 0.3) is 5.56 Å². The average Bonchev–Trinajstić information content (AvgIpc) is 2.48. The Morgan fingerprint density at radius 2 is 1.86 bits per heavy atom. The van der Waals surface area contributed by atoms with E-state index in [0.717, 1.165) is 10.2 Å². The first-order valence-corrected chi connectivity index (χ1v) is 6.83. The minimum absolute atomic E-state index is 0.0308. The number of hydrogen-bond donors (Lipinski definition) is 0. The molecule has 22 heavy (non-hydrogen) atoms. The van der Waals surface area contributed by atoms with E-state index in [1.807, 2.05) is 19.1 Å². The number of rotatable bonds is 4. The van der Waals surface area contributed by atoms with Crippen molar-refractivity contribution < 1.29 is 14.3 Å². The second-order valence-electron chi connectivity index (χ2n) is 4.77. The van der Waals surface area contributed by atoms with Crippen LogP contribution in [0.1, 0.15) is 40.3 Å². The summed E-state index contributed by atoms with van der Waals surface area (Å²) in [6.07, 6.45) is 0. The topological polar surface area (TPSA) is 78.3 Å². The molecule has 2 aromatic rings. The molecule has 6 heteroatoms. The molecule has 0 amide bonds. The van der Waals surface area contributed by atoms with E-state index in [2.05, 4.69) is 5.10 Å². The lowest BCUT2D eigenvalue weighted by Crippen LogP contribution is -2.30. The lowest BCUT2D eigenvalue weighted by Gasteiger charge is -2.09. The number of aryl methyl sites for hydroxylation is 1. The summed E-state index contributed by atoms with van der Waals surface area (Å²) in [5, 5.41) is 4.02. The Kier molecular flexibility index (Phi) is 4.50. The van der Waals surface area contributed by atoms with Gasteiger partial charge >= 0.3 is 5.97 Å². The lowest BCUT2D eigenvalue weighted by molar-refractivity contribution is 0.0523. The first-order valence-electron chi connectivity index (χ1n) is 6.83. The molecule has 0 aliphatic heterocycles. The van der Waals surface area contributed by atoms with Gasteiger partial charge in [-0.1, -0.05) is 17.7 Å². The molecular weight excluding hydrogens is 284 g/mol. The maximum Gasteiger partial charge on any atom is 0.343 e. The summed E-state index contributed by atoms with van der Waals surface area (Å²) in [6.45, 7) is 5.02. The minimum Gasteiger partial charge on any atom is -0.462 e. The number of nitrogens with zero attached hydrogens (tertiary/aromatic N) is 2. The molecule has 0 fully saturated rings. The molecule has 1 heterocycles. The van der Waals surface area contributed by atoms with Crippen LogP contribution in [0.4, 0.5) is 0 Å². The third-order valence-electron chi connectivity index (χ3n) is 3.05. The predicted molar refractivity (Wildman–Crippen MR) is 80.5 cm³/mol. The molecule has 0 aliphatic rings. The van der Waals surface area contributed by atoms with Gasteiger partial charge in [0, 0.05) is 6.92 Å². The molecule has 0 saturated carbocycles. The number of aromatic nitrogens is 2. The van der Waals surface area contributed by atoms with Crippen LogP contribution in [-0.4, -0.2) is 28.1 Å². The van der Waals surface area contributed by atoms with E-state index in [1.165, 1.54) is 13.0 Å². The Morgan fingerprint density at radius 1 is 1.23 bits per heavy atom. The van der Waals surface area contributed by atoms with Crippen LogP contribution in [0.5, 0.6) is 0 Å². The lowest BCUT2D eigenvalue weighted by atomic mass is 10.2. The zero-order valence-corrected chi connectivity index (χ0v) is 12.6. The Bertz CT molecular complexity index is 776. The quantitative estimate of drug-likeness (QED) is 0.636. The molecule has 2 rings (SSSR count). The summed E-state index contributed by atoms with van der Waals surface area (Å²) in [5.41, 5.74) is 0.701. The maximum absolute atomic E-state index is 12.4. The third-order valence-corrected chi connectivity index (χ3v) is 3.05. The average molecular weight is 300 g/mol. The first-order chi connectivity index (χ1) is 10.4. The SMILES string of the molecule is CCOC(=O)c1cc(C(C)=O)nn(-c2ccc(C)cc2)c1=O. The molecule has 0 aliphatic carbocycles. The Balaban J connectivity index is 2.67. The first kappa shape index (κ1) is 15.6. The summed E-state index contributed by atoms with van der Waals surface area (Å²) in [5.74, 6) is -1.11. The van der Waals surface area contributed by atoms with Crippen LogP contribution in [0, 0.1) is 6.92 Å². The van der Waals surface area contributed by atoms with Crippen molar-refractivity contribution in [3.8, 4) is 5.69 Å². The third kappa shape index (κ3) is 3.11. The molecule has 6 nitrogen and oxygen atoms in total. The van der Waals surface area contributed by atoms with Crippen LogP contribution in [-0.2, 0) is 4.74 Å². The maximum atomic E-state index is 12.4. The van der Waals surface area contributed by atoms with Gasteiger partial charge in [-0.25, -0.2) is 4.79 Å². The zero-order valence-electron chi connectivity index (χ0n) is 12.6. The van der Waals surface area contributed by atoms with Gasteiger partial charge in [-0.3, -0.25) is 9.59 Å². The van der Waals surface area contributed by atoms with Gasteiger partial charge in [0.2, 0.25) is 0 Å². The predicted octanol–water partition coefficient (Wildman–Crippen LogP) is 1.92. The van der Waals surface area contributed by atoms with Crippen molar-refractivity contribution >= 4 is 11.8 Å². The van der Waals surface area contributed by atoms with Gasteiger partial charge in [0.1, 0.15) is 11.3 Å². The van der Waals surface area contributed by atoms with Gasteiger partial charge in [0.05, 0.1) is 12.3 Å². The van der Waals surface area contributed by atoms with Crippen LogP contribution in [0.3, 0.4) is 0 Å². The zero-order chi connectivity index (χ0) is 16.3. The molecule has 0 spiro atoms. The van der Waals surface area contributed by atoms with Crippen molar-refractivity contribution in [3.63, 3.8) is 0 Å². The van der Waals surface area contributed by atoms with Crippen LogP contribution in [0.2, 0.25) is 0 Å². The molecule has 114 valence electrons. The standard InChI is InChI=1S/C16H16N2O4/c1-4-22-16(21)13-9-14(11(3)19)17-18(15(13)20)12-7-5-10(2)6-8-12/h5-9H,4H2,1-3H3. The Labute approximate surface area is 127 Å². The molecule has 0 bridgehead atoms. The van der Waals surface area contributed by atoms with Crippen LogP contribution < -0.4 is 5.56 Å². The molecule has 0 unspecified atom stereocenters. The smallest absolute Gasteiger partial charge is 0.343 e. The highest BCUT2D eigenvalue weighted by atomic mass is 16.5. The molecule has 0 saturated heterocycles. The highest BCUT2D eigenvalue weighted by Gasteiger charge is 2.19. The fraction of sp³-hybridized carbons (Fsp3) is 0.250. The second-order valence-corrected chi connectivity index (χ2v) is 4.77. The summed E-state index contributed by atoms with van der Waals surface area (Å²) in [7, 11) is 0. The number of hydrogen-bond acceptors (Lipinski definition) is 5. The molecule has 0 N–H and O–H groups in total. The van der Waals surface area contributed by atoms with Crippen molar-refractivity contribution in [1.82, 2.24) is 9.78 Å². The van der Waals surface area contributed by atoms with Crippen molar-refractivity contribution in [2.24, 2.45) is 0 Å². The number of ketones is 1. The van der Waals surface area contributed by atoms with Gasteiger partial charge in [-0.15, -0.1) is 0 Å². The van der Waals surface area contributed by atoms with Crippen molar-refractivity contribution in [2.45, 2.75) is 20.8 Å². The molecule has 0 radical (unpaired) electrons. The molecule has 0 atom stereocenters. The van der Waals surface area contributed by atoms with Gasteiger partial charge in [-0.2, -0.15) is 9.78 Å². The van der Waals surface area contributed by atoms with Crippen molar-refractivity contribution in [1.29, 1.82) is 0 Å². The fourth-order valence-electron chi connectivity index (χ4n) is 1.88. The monoisotopic (exact) mass is 300 g/mol. The number of Topliss-reactive ketones (excluding diaryl/α,β-unsaturated/α-hetero) is 1. The van der Waals surface area contributed by atoms with E-state index in [4.69, 9.17) is 4.74 Å². The van der Waals surface area contributed by atoms with Gasteiger partial charge < -0.3 is 4.74 Å². The number of ether oxygens (including phenoxy) is 1. The second kappa shape index (κ2) is 6.34. The van der Waals surface area contributed by atoms with Crippen molar-refractivity contribution in [2.75, 3.05) is 6.61 Å². The highest BCUT2D eigenvalue weighted by Crippen LogP contribution is 2.08. The highest BCUT2D eigenvalue weighted by molar-refractivity contribution is 5.96. The number of carbonyl (C=O) groups excluding carboxylic acids is 2. The number of carbonyl (C=O) groups is 2. The normalized spacial score (nSPS) is 10.3. The summed E-state index contributed by atoms with van der Waals surface area (Å²) < 4.78 is 5.91. The van der Waals surface area contributed by atoms with E-state index in [1.54, 1.807) is 19.1 Å². The molecular formula is C16H16N2O4. The molecule has 1 aromatic carbocycles. The van der Waals surface area contributed by atoms with Crippen LogP contribution in [0.25, 0.3) is 5.69 Å². The van der Waals surface area contributed by atoms with E-state index >= 15 is 0 Å². The van der Waals surface area contributed by atoms with Crippen molar-refractivity contribution in [3.05, 3.63) is 57.5 Å². The minimum atomic E-state index is -0.765. The number of esters is 1. The van der Waals surface area contributed by atoms with E-state index in [-0.39, 0.29) is 23.6 Å². The Hall–Kier alpha value is -2.76. The van der Waals surface area contributed by atoms with E-state index < -0.39 is 11.5 Å². The summed E-state index contributed by atoms with van der Waals surface area (Å²) in [4.78, 5) is 35.9. The molecule has 1 aromatic heterocycles. The number of benzene rings is 1. The van der Waals surface area contributed by atoms with Gasteiger partial charge in [-0.05, 0) is 32.0 Å². The Morgan fingerprint density at radius 3 is 2.41 bits per heavy atom. The van der Waals surface area contributed by atoms with Crippen LogP contribution in [0.15, 0.2) is 35.1 Å². The van der Waals surface area contributed by atoms with E-state index in [9.17, 15) is 14.4 Å². The van der Waals surface area contributed by atoms with Crippen LogP contribution >= 0.6 is 0 Å². The summed E-state index contributed by atoms with van der Waals surface area (Å²) >= 11 is 0. The summed E-state index contributed by atoms with van der Waals surface area (Å²) in [6, 6.07) is 8.19. The largest absolute Gasteiger partial charge is 0.462 e. The fourth-order valence-corrected chi connectivity index (χ4v) is 1.88. The van der Waals surface area contributed by atoms with Gasteiger partial charge in [0.15, 0.2) is 5.78 Å². The van der Waals surface area contributed by atoms with E-state index in [0.29, 0.717) is 5.69 Å².